The minimum atomic E-state index is -0.352. The van der Waals surface area contributed by atoms with E-state index >= 15 is 0 Å². The van der Waals surface area contributed by atoms with Gasteiger partial charge in [0.05, 0.1) is 5.92 Å². The van der Waals surface area contributed by atoms with Gasteiger partial charge < -0.3 is 10.1 Å². The molecule has 16 heavy (non-hydrogen) atoms. The smallest absolute Gasteiger partial charge is 0.309 e. The number of ether oxygens (including phenoxy) is 1. The highest BCUT2D eigenvalue weighted by atomic mass is 16.6. The lowest BCUT2D eigenvalue weighted by atomic mass is 9.68. The molecule has 0 aromatic carbocycles. The Morgan fingerprint density at radius 1 is 1.38 bits per heavy atom. The summed E-state index contributed by atoms with van der Waals surface area (Å²) in [5.41, 5.74) is -0.0748. The second kappa shape index (κ2) is 4.02. The number of carbonyl (C=O) groups excluding carboxylic acids is 1. The first-order chi connectivity index (χ1) is 7.40. The Hall–Kier alpha value is -0.570. The van der Waals surface area contributed by atoms with Crippen LogP contribution in [0.1, 0.15) is 52.9 Å². The molecule has 0 radical (unpaired) electrons. The van der Waals surface area contributed by atoms with Crippen molar-refractivity contribution in [3.8, 4) is 0 Å². The number of hydrogen-bond donors (Lipinski definition) is 1. The van der Waals surface area contributed by atoms with E-state index in [2.05, 4.69) is 5.32 Å². The van der Waals surface area contributed by atoms with Gasteiger partial charge in [-0.25, -0.2) is 0 Å². The summed E-state index contributed by atoms with van der Waals surface area (Å²) in [6.07, 6.45) is 5.66. The average molecular weight is 225 g/mol. The molecule has 1 saturated carbocycles. The average Bonchev–Trinajstić information content (AvgIpc) is 2.13. The van der Waals surface area contributed by atoms with Crippen LogP contribution in [0.25, 0.3) is 0 Å². The molecule has 1 spiro atoms. The number of rotatable bonds is 1. The molecule has 2 fully saturated rings. The van der Waals surface area contributed by atoms with Crippen LogP contribution in [0.4, 0.5) is 0 Å². The van der Waals surface area contributed by atoms with Gasteiger partial charge in [0.1, 0.15) is 5.60 Å². The molecule has 0 aromatic rings. The maximum absolute atomic E-state index is 12.0. The molecule has 1 unspecified atom stereocenters. The standard InChI is InChI=1S/C13H23NO2/c1-12(2,3)16-11(15)10-5-8-14-13(9-10)6-4-7-13/h10,14H,4-9H2,1-3H3. The van der Waals surface area contributed by atoms with E-state index in [1.54, 1.807) is 0 Å². The lowest BCUT2D eigenvalue weighted by molar-refractivity contribution is -0.162. The fourth-order valence-electron chi connectivity index (χ4n) is 2.73. The summed E-state index contributed by atoms with van der Waals surface area (Å²) in [7, 11) is 0. The van der Waals surface area contributed by atoms with Gasteiger partial charge >= 0.3 is 5.97 Å². The second-order valence-electron chi connectivity index (χ2n) is 6.28. The molecule has 1 N–H and O–H groups in total. The van der Waals surface area contributed by atoms with Gasteiger partial charge in [-0.2, -0.15) is 0 Å². The highest BCUT2D eigenvalue weighted by molar-refractivity contribution is 5.73. The number of carbonyl (C=O) groups is 1. The van der Waals surface area contributed by atoms with Crippen molar-refractivity contribution < 1.29 is 9.53 Å². The molecular formula is C13H23NO2. The minimum absolute atomic E-state index is 0.000255. The van der Waals surface area contributed by atoms with Crippen molar-refractivity contribution in [3.63, 3.8) is 0 Å². The Balaban J connectivity index is 1.91. The van der Waals surface area contributed by atoms with Gasteiger partial charge in [0.25, 0.3) is 0 Å². The first-order valence-electron chi connectivity index (χ1n) is 6.38. The zero-order chi connectivity index (χ0) is 11.8. The van der Waals surface area contributed by atoms with E-state index in [9.17, 15) is 4.79 Å². The Labute approximate surface area is 97.9 Å². The fraction of sp³-hybridized carbons (Fsp3) is 0.923. The molecule has 92 valence electrons. The molecule has 0 bridgehead atoms. The summed E-state index contributed by atoms with van der Waals surface area (Å²) in [5.74, 6) is 0.112. The summed E-state index contributed by atoms with van der Waals surface area (Å²) < 4.78 is 5.47. The third-order valence-electron chi connectivity index (χ3n) is 3.68. The van der Waals surface area contributed by atoms with E-state index in [0.717, 1.165) is 19.4 Å². The molecule has 0 aromatic heterocycles. The zero-order valence-corrected chi connectivity index (χ0v) is 10.6. The minimum Gasteiger partial charge on any atom is -0.460 e. The van der Waals surface area contributed by atoms with Crippen LogP contribution in [-0.2, 0) is 9.53 Å². The third kappa shape index (κ3) is 2.57. The highest BCUT2D eigenvalue weighted by Crippen LogP contribution is 2.40. The highest BCUT2D eigenvalue weighted by Gasteiger charge is 2.43. The predicted molar refractivity (Wildman–Crippen MR) is 63.2 cm³/mol. The first kappa shape index (κ1) is 11.9. The fourth-order valence-corrected chi connectivity index (χ4v) is 2.73. The first-order valence-corrected chi connectivity index (χ1v) is 6.38. The molecule has 1 aliphatic heterocycles. The Morgan fingerprint density at radius 2 is 2.06 bits per heavy atom. The monoisotopic (exact) mass is 225 g/mol. The van der Waals surface area contributed by atoms with Crippen molar-refractivity contribution in [2.24, 2.45) is 5.92 Å². The van der Waals surface area contributed by atoms with Crippen LogP contribution in [0.15, 0.2) is 0 Å². The molecule has 1 heterocycles. The third-order valence-corrected chi connectivity index (χ3v) is 3.68. The topological polar surface area (TPSA) is 38.3 Å². The number of hydrogen-bond acceptors (Lipinski definition) is 3. The van der Waals surface area contributed by atoms with Crippen LogP contribution in [0.2, 0.25) is 0 Å². The van der Waals surface area contributed by atoms with Gasteiger partial charge in [-0.3, -0.25) is 4.79 Å². The molecule has 2 rings (SSSR count). The number of esters is 1. The van der Waals surface area contributed by atoms with Crippen LogP contribution in [0.5, 0.6) is 0 Å². The summed E-state index contributed by atoms with van der Waals surface area (Å²) in [6, 6.07) is 0. The van der Waals surface area contributed by atoms with Crippen molar-refractivity contribution in [3.05, 3.63) is 0 Å². The van der Waals surface area contributed by atoms with Crippen LogP contribution < -0.4 is 5.32 Å². The van der Waals surface area contributed by atoms with Gasteiger partial charge in [-0.1, -0.05) is 0 Å². The normalized spacial score (nSPS) is 28.6. The van der Waals surface area contributed by atoms with Crippen molar-refractivity contribution in [1.82, 2.24) is 5.32 Å². The van der Waals surface area contributed by atoms with Crippen LogP contribution in [0, 0.1) is 5.92 Å². The molecule has 1 saturated heterocycles. The summed E-state index contributed by atoms with van der Waals surface area (Å²) in [5, 5.41) is 3.57. The molecule has 2 aliphatic rings. The molecule has 3 nitrogen and oxygen atoms in total. The quantitative estimate of drug-likeness (QED) is 0.696. The SMILES string of the molecule is CC(C)(C)OC(=O)C1CCNC2(CCC2)C1. The van der Waals surface area contributed by atoms with E-state index in [1.807, 2.05) is 20.8 Å². The zero-order valence-electron chi connectivity index (χ0n) is 10.6. The molecule has 1 atom stereocenters. The predicted octanol–water partition coefficient (Wildman–Crippen LogP) is 2.25. The number of nitrogens with one attached hydrogen (secondary N) is 1. The van der Waals surface area contributed by atoms with Gasteiger partial charge in [0, 0.05) is 5.54 Å². The Bertz CT molecular complexity index is 276. The van der Waals surface area contributed by atoms with Crippen molar-refractivity contribution in [2.45, 2.75) is 64.0 Å². The maximum atomic E-state index is 12.0. The van der Waals surface area contributed by atoms with Crippen LogP contribution in [0.3, 0.4) is 0 Å². The summed E-state index contributed by atoms with van der Waals surface area (Å²) in [4.78, 5) is 12.0. The molecule has 0 amide bonds. The lowest BCUT2D eigenvalue weighted by Gasteiger charge is -2.48. The van der Waals surface area contributed by atoms with E-state index in [1.165, 1.54) is 19.3 Å². The molecule has 1 aliphatic carbocycles. The Kier molecular flexibility index (Phi) is 2.99. The molecular weight excluding hydrogens is 202 g/mol. The van der Waals surface area contributed by atoms with Crippen molar-refractivity contribution in [1.29, 1.82) is 0 Å². The molecule has 3 heteroatoms. The Morgan fingerprint density at radius 3 is 2.56 bits per heavy atom. The van der Waals surface area contributed by atoms with Crippen LogP contribution in [-0.4, -0.2) is 23.7 Å². The van der Waals surface area contributed by atoms with Gasteiger partial charge in [-0.05, 0) is 59.4 Å². The van der Waals surface area contributed by atoms with E-state index in [0.29, 0.717) is 0 Å². The van der Waals surface area contributed by atoms with Gasteiger partial charge in [-0.15, -0.1) is 0 Å². The van der Waals surface area contributed by atoms with Gasteiger partial charge in [0.15, 0.2) is 0 Å². The van der Waals surface area contributed by atoms with Gasteiger partial charge in [0.2, 0.25) is 0 Å². The van der Waals surface area contributed by atoms with E-state index in [-0.39, 0.29) is 23.0 Å². The van der Waals surface area contributed by atoms with Crippen molar-refractivity contribution in [2.75, 3.05) is 6.54 Å². The lowest BCUT2D eigenvalue weighted by Crippen LogP contribution is -2.56. The van der Waals surface area contributed by atoms with Crippen LogP contribution >= 0.6 is 0 Å². The summed E-state index contributed by atoms with van der Waals surface area (Å²) >= 11 is 0. The van der Waals surface area contributed by atoms with E-state index in [4.69, 9.17) is 4.74 Å². The van der Waals surface area contributed by atoms with E-state index < -0.39 is 0 Å². The van der Waals surface area contributed by atoms with Crippen molar-refractivity contribution >= 4 is 5.97 Å². The summed E-state index contributed by atoms with van der Waals surface area (Å²) in [6.45, 7) is 6.77. The largest absolute Gasteiger partial charge is 0.460 e. The number of piperidine rings is 1. The maximum Gasteiger partial charge on any atom is 0.309 e. The second-order valence-corrected chi connectivity index (χ2v) is 6.28.